The molecule has 0 aliphatic heterocycles. The maximum atomic E-state index is 13.5. The largest absolute Gasteiger partial charge is 0.493 e. The lowest BCUT2D eigenvalue weighted by atomic mass is 10.1. The number of benzene rings is 4. The summed E-state index contributed by atoms with van der Waals surface area (Å²) in [5.41, 5.74) is 1.90. The van der Waals surface area contributed by atoms with Gasteiger partial charge in [-0.15, -0.1) is 11.8 Å². The van der Waals surface area contributed by atoms with Crippen molar-refractivity contribution in [2.45, 2.75) is 4.90 Å². The lowest BCUT2D eigenvalue weighted by Gasteiger charge is -2.13. The smallest absolute Gasteiger partial charge is 0.272 e. The van der Waals surface area contributed by atoms with Gasteiger partial charge in [-0.1, -0.05) is 59.6 Å². The zero-order valence-corrected chi connectivity index (χ0v) is 25.5. The van der Waals surface area contributed by atoms with Gasteiger partial charge in [0, 0.05) is 16.1 Å². The average molecular weight is 637 g/mol. The number of carbonyl (C=O) groups is 3. The Balaban J connectivity index is 1.50. The summed E-state index contributed by atoms with van der Waals surface area (Å²) in [6, 6.07) is 25.7. The summed E-state index contributed by atoms with van der Waals surface area (Å²) in [6.45, 7) is 0. The van der Waals surface area contributed by atoms with Crippen molar-refractivity contribution in [2.75, 3.05) is 30.6 Å². The number of ether oxygens (including phenoxy) is 2. The molecule has 0 aromatic heterocycles. The van der Waals surface area contributed by atoms with Gasteiger partial charge in [0.1, 0.15) is 5.70 Å². The predicted molar refractivity (Wildman–Crippen MR) is 172 cm³/mol. The fourth-order valence-corrected chi connectivity index (χ4v) is 4.95. The minimum atomic E-state index is -0.547. The molecule has 4 rings (SSSR count). The number of nitrogens with one attached hydrogen (secondary N) is 3. The quantitative estimate of drug-likeness (QED) is 0.119. The molecule has 0 atom stereocenters. The Bertz CT molecular complexity index is 1660. The van der Waals surface area contributed by atoms with Crippen molar-refractivity contribution in [3.8, 4) is 11.5 Å². The fourth-order valence-electron chi connectivity index (χ4n) is 3.85. The van der Waals surface area contributed by atoms with E-state index in [4.69, 9.17) is 32.7 Å². The van der Waals surface area contributed by atoms with Crippen molar-refractivity contribution in [3.05, 3.63) is 118 Å². The first-order valence-electron chi connectivity index (χ1n) is 12.9. The predicted octanol–water partition coefficient (Wildman–Crippen LogP) is 7.15. The summed E-state index contributed by atoms with van der Waals surface area (Å²) in [5.74, 6) is -0.174. The van der Waals surface area contributed by atoms with E-state index in [-0.39, 0.29) is 22.4 Å². The number of rotatable bonds is 11. The molecule has 8 nitrogen and oxygen atoms in total. The molecule has 3 amide bonds. The monoisotopic (exact) mass is 635 g/mol. The molecule has 4 aromatic rings. The van der Waals surface area contributed by atoms with Gasteiger partial charge in [-0.3, -0.25) is 14.4 Å². The maximum Gasteiger partial charge on any atom is 0.272 e. The summed E-state index contributed by atoms with van der Waals surface area (Å²) >= 11 is 13.5. The standard InChI is InChI=1S/C32H27Cl2N3O5S/c1-41-27-15-14-20(17-28(27)42-2)16-26(37-31(39)21-8-4-3-5-9-21)32(40)35-22-10-6-11-23(18-22)43-19-29(38)36-25-13-7-12-24(33)30(25)34/h3-18H,19H2,1-2H3,(H,35,40)(H,36,38)(H,37,39)/b26-16+. The van der Waals surface area contributed by atoms with Crippen LogP contribution in [0.25, 0.3) is 6.08 Å². The molecule has 0 fully saturated rings. The number of anilines is 2. The van der Waals surface area contributed by atoms with Crippen LogP contribution in [0.15, 0.2) is 102 Å². The summed E-state index contributed by atoms with van der Waals surface area (Å²) in [5, 5.41) is 8.89. The molecule has 0 aliphatic carbocycles. The summed E-state index contributed by atoms with van der Waals surface area (Å²) in [4.78, 5) is 39.7. The molecule has 0 unspecified atom stereocenters. The first kappa shape index (κ1) is 31.5. The highest BCUT2D eigenvalue weighted by Crippen LogP contribution is 2.31. The second-order valence-electron chi connectivity index (χ2n) is 8.91. The van der Waals surface area contributed by atoms with Gasteiger partial charge in [0.25, 0.3) is 11.8 Å². The molecule has 0 bridgehead atoms. The molecule has 0 spiro atoms. The molecule has 0 radical (unpaired) electrons. The van der Waals surface area contributed by atoms with Crippen molar-refractivity contribution in [1.29, 1.82) is 0 Å². The third-order valence-electron chi connectivity index (χ3n) is 5.93. The van der Waals surface area contributed by atoms with Gasteiger partial charge in [-0.25, -0.2) is 0 Å². The van der Waals surface area contributed by atoms with E-state index >= 15 is 0 Å². The Hall–Kier alpha value is -4.44. The highest BCUT2D eigenvalue weighted by atomic mass is 35.5. The molecule has 43 heavy (non-hydrogen) atoms. The second-order valence-corrected chi connectivity index (χ2v) is 10.7. The van der Waals surface area contributed by atoms with Crippen LogP contribution < -0.4 is 25.4 Å². The first-order valence-corrected chi connectivity index (χ1v) is 14.6. The Kier molecular flexibility index (Phi) is 11.1. The number of thioether (sulfide) groups is 1. The van der Waals surface area contributed by atoms with Gasteiger partial charge in [0.15, 0.2) is 11.5 Å². The van der Waals surface area contributed by atoms with E-state index < -0.39 is 11.8 Å². The maximum absolute atomic E-state index is 13.5. The van der Waals surface area contributed by atoms with Gasteiger partial charge in [-0.2, -0.15) is 0 Å². The molecular formula is C32H27Cl2N3O5S. The van der Waals surface area contributed by atoms with Crippen LogP contribution in [0.2, 0.25) is 10.0 Å². The Morgan fingerprint density at radius 3 is 2.30 bits per heavy atom. The Morgan fingerprint density at radius 1 is 0.814 bits per heavy atom. The van der Waals surface area contributed by atoms with E-state index in [9.17, 15) is 14.4 Å². The van der Waals surface area contributed by atoms with Crippen molar-refractivity contribution < 1.29 is 23.9 Å². The molecule has 0 aliphatic rings. The molecule has 0 saturated carbocycles. The lowest BCUT2D eigenvalue weighted by molar-refractivity contribution is -0.114. The summed E-state index contributed by atoms with van der Waals surface area (Å²) in [7, 11) is 3.04. The number of halogens is 2. The van der Waals surface area contributed by atoms with Crippen LogP contribution in [0.1, 0.15) is 15.9 Å². The Morgan fingerprint density at radius 2 is 1.56 bits per heavy atom. The van der Waals surface area contributed by atoms with Crippen LogP contribution in [0.4, 0.5) is 11.4 Å². The van der Waals surface area contributed by atoms with Crippen molar-refractivity contribution in [1.82, 2.24) is 5.32 Å². The van der Waals surface area contributed by atoms with E-state index in [0.29, 0.717) is 39.0 Å². The van der Waals surface area contributed by atoms with E-state index in [1.165, 1.54) is 26.0 Å². The second kappa shape index (κ2) is 15.2. The number of carbonyl (C=O) groups excluding carboxylic acids is 3. The molecule has 3 N–H and O–H groups in total. The highest BCUT2D eigenvalue weighted by molar-refractivity contribution is 8.00. The third-order valence-corrected chi connectivity index (χ3v) is 7.75. The van der Waals surface area contributed by atoms with Crippen molar-refractivity contribution in [2.24, 2.45) is 0 Å². The number of hydrogen-bond donors (Lipinski definition) is 3. The van der Waals surface area contributed by atoms with Gasteiger partial charge in [-0.05, 0) is 66.2 Å². The molecular weight excluding hydrogens is 609 g/mol. The summed E-state index contributed by atoms with van der Waals surface area (Å²) < 4.78 is 10.7. The van der Waals surface area contributed by atoms with Crippen molar-refractivity contribution in [3.63, 3.8) is 0 Å². The number of methoxy groups -OCH3 is 2. The lowest BCUT2D eigenvalue weighted by Crippen LogP contribution is -2.30. The van der Waals surface area contributed by atoms with E-state index in [2.05, 4.69) is 16.0 Å². The van der Waals surface area contributed by atoms with E-state index in [0.717, 1.165) is 4.90 Å². The fraction of sp³-hybridized carbons (Fsp3) is 0.0938. The zero-order valence-electron chi connectivity index (χ0n) is 23.2. The number of amides is 3. The van der Waals surface area contributed by atoms with Gasteiger partial charge in [0.2, 0.25) is 5.91 Å². The topological polar surface area (TPSA) is 106 Å². The van der Waals surface area contributed by atoms with Gasteiger partial charge in [0.05, 0.1) is 35.7 Å². The molecule has 4 aromatic carbocycles. The van der Waals surface area contributed by atoms with Crippen LogP contribution in [-0.2, 0) is 9.59 Å². The molecule has 11 heteroatoms. The SMILES string of the molecule is COc1ccc(/C=C(/NC(=O)c2ccccc2)C(=O)Nc2cccc(SCC(=O)Nc3cccc(Cl)c3Cl)c2)cc1OC. The highest BCUT2D eigenvalue weighted by Gasteiger charge is 2.16. The van der Waals surface area contributed by atoms with E-state index in [1.54, 1.807) is 91.0 Å². The van der Waals surface area contributed by atoms with Crippen LogP contribution in [0.3, 0.4) is 0 Å². The minimum absolute atomic E-state index is 0.0110. The first-order chi connectivity index (χ1) is 20.8. The van der Waals surface area contributed by atoms with Gasteiger partial charge >= 0.3 is 0 Å². The van der Waals surface area contributed by atoms with Gasteiger partial charge < -0.3 is 25.4 Å². The van der Waals surface area contributed by atoms with Crippen molar-refractivity contribution >= 4 is 70.1 Å². The van der Waals surface area contributed by atoms with Crippen LogP contribution >= 0.6 is 35.0 Å². The van der Waals surface area contributed by atoms with E-state index in [1.807, 2.05) is 6.07 Å². The normalized spacial score (nSPS) is 10.9. The third kappa shape index (κ3) is 8.78. The summed E-state index contributed by atoms with van der Waals surface area (Å²) in [6.07, 6.45) is 1.54. The molecule has 220 valence electrons. The number of hydrogen-bond acceptors (Lipinski definition) is 6. The zero-order chi connectivity index (χ0) is 30.8. The minimum Gasteiger partial charge on any atom is -0.493 e. The van der Waals surface area contributed by atoms with Crippen LogP contribution in [0.5, 0.6) is 11.5 Å². The average Bonchev–Trinajstić information content (AvgIpc) is 3.02. The molecule has 0 heterocycles. The molecule has 0 saturated heterocycles. The Labute approximate surface area is 263 Å². The van der Waals surface area contributed by atoms with Crippen LogP contribution in [-0.4, -0.2) is 37.7 Å². The van der Waals surface area contributed by atoms with Crippen LogP contribution in [0, 0.1) is 0 Å².